The van der Waals surface area contributed by atoms with Crippen molar-refractivity contribution in [1.29, 1.82) is 0 Å². The summed E-state index contributed by atoms with van der Waals surface area (Å²) in [5.74, 6) is 0.711. The molecule has 0 bridgehead atoms. The van der Waals surface area contributed by atoms with Crippen molar-refractivity contribution in [3.8, 4) is 11.3 Å². The SMILES string of the molecule is CCC(C)N(C)C(=O)c1ccc2noc(-c3ccccc3)c2c1. The number of aromatic nitrogens is 1. The van der Waals surface area contributed by atoms with E-state index in [0.29, 0.717) is 11.3 Å². The number of hydrogen-bond acceptors (Lipinski definition) is 3. The highest BCUT2D eigenvalue weighted by Gasteiger charge is 2.18. The van der Waals surface area contributed by atoms with Crippen LogP contribution in [0.15, 0.2) is 53.1 Å². The van der Waals surface area contributed by atoms with Gasteiger partial charge in [0.25, 0.3) is 5.91 Å². The zero-order chi connectivity index (χ0) is 16.4. The van der Waals surface area contributed by atoms with Gasteiger partial charge in [-0.3, -0.25) is 4.79 Å². The average Bonchev–Trinajstić information content (AvgIpc) is 3.03. The number of carbonyl (C=O) groups is 1. The topological polar surface area (TPSA) is 46.3 Å². The highest BCUT2D eigenvalue weighted by molar-refractivity contribution is 6.01. The summed E-state index contributed by atoms with van der Waals surface area (Å²) in [6.07, 6.45) is 0.924. The number of rotatable bonds is 4. The molecule has 2 aromatic carbocycles. The van der Waals surface area contributed by atoms with Gasteiger partial charge < -0.3 is 9.42 Å². The average molecular weight is 308 g/mol. The minimum Gasteiger partial charge on any atom is -0.355 e. The summed E-state index contributed by atoms with van der Waals surface area (Å²) in [5, 5.41) is 4.95. The Morgan fingerprint density at radius 2 is 1.96 bits per heavy atom. The fraction of sp³-hybridized carbons (Fsp3) is 0.263. The van der Waals surface area contributed by atoms with Crippen molar-refractivity contribution in [1.82, 2.24) is 10.1 Å². The molecule has 0 aliphatic carbocycles. The Hall–Kier alpha value is -2.62. The molecule has 0 N–H and O–H groups in total. The minimum atomic E-state index is 0.0152. The number of nitrogens with zero attached hydrogens (tertiary/aromatic N) is 2. The molecule has 0 saturated carbocycles. The predicted octanol–water partition coefficient (Wildman–Crippen LogP) is 4.37. The molecule has 118 valence electrons. The summed E-state index contributed by atoms with van der Waals surface area (Å²) in [6, 6.07) is 15.5. The second kappa shape index (κ2) is 6.24. The van der Waals surface area contributed by atoms with Crippen LogP contribution in [-0.4, -0.2) is 29.1 Å². The molecular formula is C19H20N2O2. The number of fused-ring (bicyclic) bond motifs is 1. The van der Waals surface area contributed by atoms with E-state index in [-0.39, 0.29) is 11.9 Å². The third-order valence-electron chi connectivity index (χ3n) is 4.33. The fourth-order valence-electron chi connectivity index (χ4n) is 2.55. The van der Waals surface area contributed by atoms with E-state index >= 15 is 0 Å². The molecule has 1 heterocycles. The van der Waals surface area contributed by atoms with Crippen LogP contribution in [-0.2, 0) is 0 Å². The zero-order valence-corrected chi connectivity index (χ0v) is 13.6. The zero-order valence-electron chi connectivity index (χ0n) is 13.6. The van der Waals surface area contributed by atoms with Crippen molar-refractivity contribution < 1.29 is 9.32 Å². The van der Waals surface area contributed by atoms with Gasteiger partial charge in [-0.2, -0.15) is 0 Å². The van der Waals surface area contributed by atoms with Gasteiger partial charge in [0.1, 0.15) is 5.52 Å². The van der Waals surface area contributed by atoms with Gasteiger partial charge in [0.2, 0.25) is 0 Å². The van der Waals surface area contributed by atoms with Crippen LogP contribution in [0.25, 0.3) is 22.2 Å². The second-order valence-corrected chi connectivity index (χ2v) is 5.78. The maximum absolute atomic E-state index is 12.6. The normalized spacial score (nSPS) is 12.3. The molecule has 0 aliphatic rings. The van der Waals surface area contributed by atoms with Crippen LogP contribution in [0.1, 0.15) is 30.6 Å². The maximum atomic E-state index is 12.6. The second-order valence-electron chi connectivity index (χ2n) is 5.78. The predicted molar refractivity (Wildman–Crippen MR) is 91.3 cm³/mol. The van der Waals surface area contributed by atoms with Gasteiger partial charge in [0.05, 0.1) is 5.39 Å². The molecule has 0 saturated heterocycles. The summed E-state index contributed by atoms with van der Waals surface area (Å²) >= 11 is 0. The molecule has 4 nitrogen and oxygen atoms in total. The van der Waals surface area contributed by atoms with E-state index in [1.54, 1.807) is 11.0 Å². The Kier molecular flexibility index (Phi) is 4.15. The summed E-state index contributed by atoms with van der Waals surface area (Å²) in [7, 11) is 1.84. The van der Waals surface area contributed by atoms with Crippen LogP contribution in [0.4, 0.5) is 0 Å². The molecule has 1 amide bonds. The van der Waals surface area contributed by atoms with Crippen molar-refractivity contribution in [3.63, 3.8) is 0 Å². The lowest BCUT2D eigenvalue weighted by Crippen LogP contribution is -2.34. The molecule has 4 heteroatoms. The van der Waals surface area contributed by atoms with Crippen molar-refractivity contribution in [2.24, 2.45) is 0 Å². The Morgan fingerprint density at radius 3 is 2.65 bits per heavy atom. The highest BCUT2D eigenvalue weighted by Crippen LogP contribution is 2.29. The minimum absolute atomic E-state index is 0.0152. The molecule has 0 aliphatic heterocycles. The fourth-order valence-corrected chi connectivity index (χ4v) is 2.55. The number of carbonyl (C=O) groups excluding carboxylic acids is 1. The van der Waals surface area contributed by atoms with Gasteiger partial charge in [0.15, 0.2) is 5.76 Å². The Labute approximate surface area is 135 Å². The van der Waals surface area contributed by atoms with Crippen molar-refractivity contribution >= 4 is 16.8 Å². The third kappa shape index (κ3) is 2.84. The van der Waals surface area contributed by atoms with Crippen molar-refractivity contribution in [2.45, 2.75) is 26.3 Å². The lowest BCUT2D eigenvalue weighted by Gasteiger charge is -2.23. The number of hydrogen-bond donors (Lipinski definition) is 0. The number of benzene rings is 2. The van der Waals surface area contributed by atoms with E-state index in [4.69, 9.17) is 4.52 Å². The summed E-state index contributed by atoms with van der Waals surface area (Å²) in [5.41, 5.74) is 2.36. The maximum Gasteiger partial charge on any atom is 0.253 e. The molecule has 23 heavy (non-hydrogen) atoms. The highest BCUT2D eigenvalue weighted by atomic mass is 16.5. The van der Waals surface area contributed by atoms with Crippen molar-refractivity contribution in [2.75, 3.05) is 7.05 Å². The first-order valence-corrected chi connectivity index (χ1v) is 7.83. The van der Waals surface area contributed by atoms with Gasteiger partial charge in [-0.1, -0.05) is 42.4 Å². The first-order valence-electron chi connectivity index (χ1n) is 7.83. The molecule has 1 unspecified atom stereocenters. The van der Waals surface area contributed by atoms with Gasteiger partial charge in [-0.25, -0.2) is 0 Å². The molecule has 3 aromatic rings. The van der Waals surface area contributed by atoms with Crippen LogP contribution in [0.3, 0.4) is 0 Å². The van der Waals surface area contributed by atoms with E-state index < -0.39 is 0 Å². The van der Waals surface area contributed by atoms with Crippen molar-refractivity contribution in [3.05, 3.63) is 54.1 Å². The van der Waals surface area contributed by atoms with Crippen LogP contribution in [0.5, 0.6) is 0 Å². The van der Waals surface area contributed by atoms with E-state index in [1.165, 1.54) is 0 Å². The summed E-state index contributed by atoms with van der Waals surface area (Å²) in [4.78, 5) is 14.4. The Morgan fingerprint density at radius 1 is 1.22 bits per heavy atom. The third-order valence-corrected chi connectivity index (χ3v) is 4.33. The van der Waals surface area contributed by atoms with Gasteiger partial charge in [-0.15, -0.1) is 0 Å². The quantitative estimate of drug-likeness (QED) is 0.719. The van der Waals surface area contributed by atoms with E-state index in [2.05, 4.69) is 12.1 Å². The summed E-state index contributed by atoms with van der Waals surface area (Å²) in [6.45, 7) is 4.12. The Balaban J connectivity index is 2.03. The smallest absolute Gasteiger partial charge is 0.253 e. The van der Waals surface area contributed by atoms with Crippen LogP contribution >= 0.6 is 0 Å². The molecule has 1 aromatic heterocycles. The molecular weight excluding hydrogens is 288 g/mol. The lowest BCUT2D eigenvalue weighted by molar-refractivity contribution is 0.0740. The van der Waals surface area contributed by atoms with E-state index in [1.807, 2.05) is 56.4 Å². The van der Waals surface area contributed by atoms with Gasteiger partial charge in [0, 0.05) is 24.2 Å². The van der Waals surface area contributed by atoms with E-state index in [0.717, 1.165) is 22.9 Å². The standard InChI is InChI=1S/C19H20N2O2/c1-4-13(2)21(3)19(22)15-10-11-17-16(12-15)18(23-20-17)14-8-6-5-7-9-14/h5-13H,4H2,1-3H3. The molecule has 3 rings (SSSR count). The van der Waals surface area contributed by atoms with E-state index in [9.17, 15) is 4.79 Å². The Bertz CT molecular complexity index is 824. The molecule has 0 fully saturated rings. The van der Waals surface area contributed by atoms with Crippen LogP contribution in [0.2, 0.25) is 0 Å². The van der Waals surface area contributed by atoms with Crippen LogP contribution in [0, 0.1) is 0 Å². The molecule has 1 atom stereocenters. The molecule has 0 spiro atoms. The first kappa shape index (κ1) is 15.3. The first-order chi connectivity index (χ1) is 11.1. The summed E-state index contributed by atoms with van der Waals surface area (Å²) < 4.78 is 5.49. The molecule has 0 radical (unpaired) electrons. The monoisotopic (exact) mass is 308 g/mol. The number of amides is 1. The van der Waals surface area contributed by atoms with Crippen LogP contribution < -0.4 is 0 Å². The van der Waals surface area contributed by atoms with Gasteiger partial charge in [-0.05, 0) is 31.5 Å². The largest absolute Gasteiger partial charge is 0.355 e. The lowest BCUT2D eigenvalue weighted by atomic mass is 10.1. The van der Waals surface area contributed by atoms with Gasteiger partial charge >= 0.3 is 0 Å².